The number of hydrogen-bond acceptors (Lipinski definition) is 2. The normalized spacial score (nSPS) is 11.9. The Morgan fingerprint density at radius 2 is 2.06 bits per heavy atom. The third kappa shape index (κ3) is 3.72. The van der Waals surface area contributed by atoms with Gasteiger partial charge >= 0.3 is 6.18 Å². The van der Waals surface area contributed by atoms with Gasteiger partial charge in [0.25, 0.3) is 0 Å². The molecule has 0 bridgehead atoms. The minimum atomic E-state index is -4.35. The molecule has 0 aliphatic rings. The highest BCUT2D eigenvalue weighted by Crippen LogP contribution is 2.33. The Hall–Kier alpha value is -1.26. The van der Waals surface area contributed by atoms with Gasteiger partial charge in [0.1, 0.15) is 5.82 Å². The second-order valence-corrected chi connectivity index (χ2v) is 4.01. The molecule has 1 N–H and O–H groups in total. The zero-order valence-electron chi connectivity index (χ0n) is 9.30. The first-order valence-electron chi connectivity index (χ1n) is 5.17. The molecule has 0 spiro atoms. The van der Waals surface area contributed by atoms with Gasteiger partial charge in [-0.05, 0) is 24.5 Å². The molecule has 0 aliphatic heterocycles. The van der Waals surface area contributed by atoms with E-state index < -0.39 is 11.7 Å². The van der Waals surface area contributed by atoms with Crippen molar-refractivity contribution in [3.63, 3.8) is 0 Å². The van der Waals surface area contributed by atoms with E-state index in [0.717, 1.165) is 12.5 Å². The Balaban J connectivity index is 2.72. The minimum absolute atomic E-state index is 0.0874. The second kappa shape index (κ2) is 5.18. The summed E-state index contributed by atoms with van der Waals surface area (Å²) < 4.78 is 37.7. The van der Waals surface area contributed by atoms with Gasteiger partial charge in [0, 0.05) is 12.7 Å². The molecule has 0 amide bonds. The molecule has 0 saturated heterocycles. The summed E-state index contributed by atoms with van der Waals surface area (Å²) in [6.07, 6.45) is -2.19. The highest BCUT2D eigenvalue weighted by atomic mass is 19.4. The Morgan fingerprint density at radius 3 is 2.62 bits per heavy atom. The van der Waals surface area contributed by atoms with Crippen molar-refractivity contribution in [2.24, 2.45) is 5.92 Å². The molecular formula is C11H15F3N2. The summed E-state index contributed by atoms with van der Waals surface area (Å²) in [7, 11) is 0. The first-order chi connectivity index (χ1) is 7.41. The van der Waals surface area contributed by atoms with Crippen LogP contribution in [-0.2, 0) is 6.18 Å². The lowest BCUT2D eigenvalue weighted by Gasteiger charge is -2.13. The van der Waals surface area contributed by atoms with Gasteiger partial charge in [-0.25, -0.2) is 4.98 Å². The van der Waals surface area contributed by atoms with E-state index in [9.17, 15) is 13.2 Å². The number of pyridine rings is 1. The van der Waals surface area contributed by atoms with Crippen molar-refractivity contribution in [1.29, 1.82) is 0 Å². The van der Waals surface area contributed by atoms with E-state index in [1.807, 2.05) is 13.8 Å². The number of alkyl halides is 3. The molecule has 5 heteroatoms. The summed E-state index contributed by atoms with van der Waals surface area (Å²) >= 11 is 0. The van der Waals surface area contributed by atoms with Crippen LogP contribution in [0.4, 0.5) is 19.0 Å². The van der Waals surface area contributed by atoms with E-state index in [2.05, 4.69) is 10.3 Å². The van der Waals surface area contributed by atoms with Gasteiger partial charge in [-0.1, -0.05) is 13.8 Å². The van der Waals surface area contributed by atoms with Crippen LogP contribution in [0.5, 0.6) is 0 Å². The number of hydrogen-bond donors (Lipinski definition) is 1. The molecule has 90 valence electrons. The summed E-state index contributed by atoms with van der Waals surface area (Å²) in [6.45, 7) is 4.54. The Morgan fingerprint density at radius 1 is 1.38 bits per heavy atom. The maximum atomic E-state index is 12.6. The molecule has 0 aromatic carbocycles. The van der Waals surface area contributed by atoms with Gasteiger partial charge in [-0.3, -0.25) is 0 Å². The summed E-state index contributed by atoms with van der Waals surface area (Å²) in [6, 6.07) is 2.32. The molecule has 0 aliphatic carbocycles. The topological polar surface area (TPSA) is 24.9 Å². The number of halogens is 3. The van der Waals surface area contributed by atoms with Crippen LogP contribution in [0.1, 0.15) is 25.8 Å². The number of nitrogens with zero attached hydrogens (tertiary/aromatic N) is 1. The fourth-order valence-corrected chi connectivity index (χ4v) is 1.25. The third-order valence-corrected chi connectivity index (χ3v) is 2.13. The van der Waals surface area contributed by atoms with Crippen molar-refractivity contribution in [2.45, 2.75) is 26.4 Å². The lowest BCUT2D eigenvalue weighted by molar-refractivity contribution is -0.137. The van der Waals surface area contributed by atoms with Crippen molar-refractivity contribution in [1.82, 2.24) is 4.98 Å². The first kappa shape index (κ1) is 12.8. The van der Waals surface area contributed by atoms with E-state index in [0.29, 0.717) is 12.5 Å². The highest BCUT2D eigenvalue weighted by molar-refractivity contribution is 5.45. The van der Waals surface area contributed by atoms with Crippen LogP contribution < -0.4 is 5.32 Å². The van der Waals surface area contributed by atoms with Crippen molar-refractivity contribution in [3.05, 3.63) is 23.9 Å². The molecule has 1 rings (SSSR count). The lowest BCUT2D eigenvalue weighted by atomic mass is 10.1. The third-order valence-electron chi connectivity index (χ3n) is 2.13. The van der Waals surface area contributed by atoms with E-state index in [4.69, 9.17) is 0 Å². The summed E-state index contributed by atoms with van der Waals surface area (Å²) in [5, 5.41) is 2.72. The molecule has 1 aromatic heterocycles. The first-order valence-corrected chi connectivity index (χ1v) is 5.17. The number of rotatable bonds is 4. The zero-order chi connectivity index (χ0) is 12.2. The van der Waals surface area contributed by atoms with Crippen LogP contribution in [0.3, 0.4) is 0 Å². The van der Waals surface area contributed by atoms with Gasteiger partial charge in [0.2, 0.25) is 0 Å². The van der Waals surface area contributed by atoms with Crippen molar-refractivity contribution < 1.29 is 13.2 Å². The Bertz CT molecular complexity index is 334. The van der Waals surface area contributed by atoms with Crippen LogP contribution in [0.15, 0.2) is 18.3 Å². The standard InChI is InChI=1S/C11H15F3N2/c1-8(2)5-7-16-10-9(11(12,13)14)4-3-6-15-10/h3-4,6,8H,5,7H2,1-2H3,(H,15,16). The van der Waals surface area contributed by atoms with Gasteiger partial charge in [-0.15, -0.1) is 0 Å². The molecule has 0 saturated carbocycles. The van der Waals surface area contributed by atoms with Gasteiger partial charge in [0.15, 0.2) is 0 Å². The maximum Gasteiger partial charge on any atom is 0.419 e. The highest BCUT2D eigenvalue weighted by Gasteiger charge is 2.33. The summed E-state index contributed by atoms with van der Waals surface area (Å²) in [5.41, 5.74) is -0.709. The average Bonchev–Trinajstić information content (AvgIpc) is 2.16. The molecule has 1 aromatic rings. The number of nitrogens with one attached hydrogen (secondary N) is 1. The fraction of sp³-hybridized carbons (Fsp3) is 0.545. The molecule has 0 fully saturated rings. The number of aromatic nitrogens is 1. The van der Waals surface area contributed by atoms with Crippen LogP contribution in [-0.4, -0.2) is 11.5 Å². The lowest BCUT2D eigenvalue weighted by Crippen LogP contribution is -2.13. The predicted molar refractivity (Wildman–Crippen MR) is 57.2 cm³/mol. The molecule has 16 heavy (non-hydrogen) atoms. The second-order valence-electron chi connectivity index (χ2n) is 4.01. The molecule has 2 nitrogen and oxygen atoms in total. The predicted octanol–water partition coefficient (Wildman–Crippen LogP) is 3.56. The smallest absolute Gasteiger partial charge is 0.370 e. The Labute approximate surface area is 92.9 Å². The van der Waals surface area contributed by atoms with Gasteiger partial charge in [0.05, 0.1) is 5.56 Å². The van der Waals surface area contributed by atoms with Crippen molar-refractivity contribution in [3.8, 4) is 0 Å². The molecule has 0 unspecified atom stereocenters. The largest absolute Gasteiger partial charge is 0.419 e. The van der Waals surface area contributed by atoms with E-state index in [1.54, 1.807) is 0 Å². The van der Waals surface area contributed by atoms with Crippen molar-refractivity contribution in [2.75, 3.05) is 11.9 Å². The molecule has 1 heterocycles. The fourth-order valence-electron chi connectivity index (χ4n) is 1.25. The Kier molecular flexibility index (Phi) is 4.15. The van der Waals surface area contributed by atoms with Crippen molar-refractivity contribution >= 4 is 5.82 Å². The SMILES string of the molecule is CC(C)CCNc1ncccc1C(F)(F)F. The summed E-state index contributed by atoms with van der Waals surface area (Å²) in [4.78, 5) is 3.71. The molecular weight excluding hydrogens is 217 g/mol. The molecule has 0 radical (unpaired) electrons. The quantitative estimate of drug-likeness (QED) is 0.858. The van der Waals surface area contributed by atoms with Crippen LogP contribution >= 0.6 is 0 Å². The van der Waals surface area contributed by atoms with Gasteiger partial charge < -0.3 is 5.32 Å². The van der Waals surface area contributed by atoms with E-state index in [1.165, 1.54) is 12.3 Å². The van der Waals surface area contributed by atoms with Crippen LogP contribution in [0.2, 0.25) is 0 Å². The van der Waals surface area contributed by atoms with E-state index in [-0.39, 0.29) is 5.82 Å². The number of anilines is 1. The monoisotopic (exact) mass is 232 g/mol. The molecule has 0 atom stereocenters. The zero-order valence-corrected chi connectivity index (χ0v) is 9.30. The van der Waals surface area contributed by atoms with E-state index >= 15 is 0 Å². The summed E-state index contributed by atoms with van der Waals surface area (Å²) in [5.74, 6) is 0.362. The van der Waals surface area contributed by atoms with Gasteiger partial charge in [-0.2, -0.15) is 13.2 Å². The average molecular weight is 232 g/mol. The van der Waals surface area contributed by atoms with Crippen LogP contribution in [0, 0.1) is 5.92 Å². The van der Waals surface area contributed by atoms with Crippen LogP contribution in [0.25, 0.3) is 0 Å². The minimum Gasteiger partial charge on any atom is -0.370 e. The maximum absolute atomic E-state index is 12.6.